The fourth-order valence-electron chi connectivity index (χ4n) is 2.28. The summed E-state index contributed by atoms with van der Waals surface area (Å²) in [5.74, 6) is 0.354. The summed E-state index contributed by atoms with van der Waals surface area (Å²) in [6, 6.07) is 6.80. The number of hydrogen-bond acceptors (Lipinski definition) is 4. The molecule has 4 N–H and O–H groups in total. The van der Waals surface area contributed by atoms with Crippen molar-refractivity contribution < 1.29 is 14.6 Å². The lowest BCUT2D eigenvalue weighted by Gasteiger charge is -2.28. The number of nitrogen functional groups attached to an aromatic ring is 1. The number of carbonyl (C=O) groups is 1. The number of aliphatic hydroxyl groups excluding tert-OH is 1. The average molecular weight is 264 g/mol. The van der Waals surface area contributed by atoms with Crippen LogP contribution in [0.25, 0.3) is 0 Å². The van der Waals surface area contributed by atoms with Gasteiger partial charge in [-0.15, -0.1) is 0 Å². The average Bonchev–Trinajstić information content (AvgIpc) is 2.39. The van der Waals surface area contributed by atoms with E-state index in [-0.39, 0.29) is 18.6 Å². The molecule has 0 bridgehead atoms. The normalized spacial score (nSPS) is 22.8. The van der Waals surface area contributed by atoms with E-state index in [4.69, 9.17) is 10.5 Å². The van der Waals surface area contributed by atoms with Crippen LogP contribution >= 0.6 is 0 Å². The molecule has 0 saturated heterocycles. The van der Waals surface area contributed by atoms with Gasteiger partial charge in [0, 0.05) is 11.8 Å². The molecule has 5 nitrogen and oxygen atoms in total. The predicted molar refractivity (Wildman–Crippen MR) is 72.8 cm³/mol. The SMILES string of the molecule is Nc1cccc(OCC(=O)N[C@H]2CCCC[C@@H]2O)c1. The maximum Gasteiger partial charge on any atom is 0.258 e. The number of anilines is 1. The molecule has 2 atom stereocenters. The summed E-state index contributed by atoms with van der Waals surface area (Å²) >= 11 is 0. The largest absolute Gasteiger partial charge is 0.484 e. The van der Waals surface area contributed by atoms with E-state index in [2.05, 4.69) is 5.32 Å². The second-order valence-electron chi connectivity index (χ2n) is 4.89. The van der Waals surface area contributed by atoms with Crippen LogP contribution in [0.4, 0.5) is 5.69 Å². The van der Waals surface area contributed by atoms with Gasteiger partial charge in [-0.1, -0.05) is 18.9 Å². The van der Waals surface area contributed by atoms with Gasteiger partial charge in [0.2, 0.25) is 0 Å². The number of hydrogen-bond donors (Lipinski definition) is 3. The topological polar surface area (TPSA) is 84.6 Å². The van der Waals surface area contributed by atoms with Gasteiger partial charge in [-0.2, -0.15) is 0 Å². The minimum atomic E-state index is -0.440. The lowest BCUT2D eigenvalue weighted by molar-refractivity contribution is -0.125. The zero-order valence-electron chi connectivity index (χ0n) is 10.8. The molecule has 1 aromatic carbocycles. The first-order valence-corrected chi connectivity index (χ1v) is 6.61. The van der Waals surface area contributed by atoms with Gasteiger partial charge in [-0.3, -0.25) is 4.79 Å². The standard InChI is InChI=1S/C14H20N2O3/c15-10-4-3-5-11(8-10)19-9-14(18)16-12-6-1-2-7-13(12)17/h3-5,8,12-13,17H,1-2,6-7,9,15H2,(H,16,18)/t12-,13-/m0/s1. The van der Waals surface area contributed by atoms with Crippen molar-refractivity contribution in [3.8, 4) is 5.75 Å². The van der Waals surface area contributed by atoms with Gasteiger partial charge in [0.25, 0.3) is 5.91 Å². The molecule has 0 unspecified atom stereocenters. The minimum absolute atomic E-state index is 0.0628. The molecule has 0 spiro atoms. The maximum atomic E-state index is 11.7. The first-order valence-electron chi connectivity index (χ1n) is 6.61. The molecule has 1 aliphatic carbocycles. The van der Waals surface area contributed by atoms with Crippen LogP contribution in [0.3, 0.4) is 0 Å². The zero-order chi connectivity index (χ0) is 13.7. The quantitative estimate of drug-likeness (QED) is 0.710. The van der Waals surface area contributed by atoms with Crippen molar-refractivity contribution in [1.29, 1.82) is 0 Å². The molecule has 0 heterocycles. The summed E-state index contributed by atoms with van der Waals surface area (Å²) < 4.78 is 5.35. The molecular weight excluding hydrogens is 244 g/mol. The first kappa shape index (κ1) is 13.7. The fourth-order valence-corrected chi connectivity index (χ4v) is 2.28. The van der Waals surface area contributed by atoms with Crippen molar-refractivity contribution in [3.05, 3.63) is 24.3 Å². The molecule has 1 fully saturated rings. The van der Waals surface area contributed by atoms with Crippen molar-refractivity contribution in [2.75, 3.05) is 12.3 Å². The molecular formula is C14H20N2O3. The summed E-state index contributed by atoms with van der Waals surface area (Å²) in [6.07, 6.45) is 3.20. The molecule has 0 aromatic heterocycles. The van der Waals surface area contributed by atoms with E-state index < -0.39 is 6.10 Å². The number of ether oxygens (including phenoxy) is 1. The Balaban J connectivity index is 1.78. The van der Waals surface area contributed by atoms with Crippen molar-refractivity contribution in [1.82, 2.24) is 5.32 Å². The Morgan fingerprint density at radius 3 is 2.95 bits per heavy atom. The van der Waals surface area contributed by atoms with Gasteiger partial charge in [-0.05, 0) is 25.0 Å². The van der Waals surface area contributed by atoms with E-state index in [1.54, 1.807) is 24.3 Å². The summed E-state index contributed by atoms with van der Waals surface area (Å²) in [5, 5.41) is 12.6. The predicted octanol–water partition coefficient (Wildman–Crippen LogP) is 1.07. The molecule has 2 rings (SSSR count). The second-order valence-corrected chi connectivity index (χ2v) is 4.89. The Kier molecular flexibility index (Phi) is 4.63. The van der Waals surface area contributed by atoms with Crippen LogP contribution in [-0.2, 0) is 4.79 Å². The third-order valence-corrected chi connectivity index (χ3v) is 3.30. The van der Waals surface area contributed by atoms with Gasteiger partial charge in [0.1, 0.15) is 5.75 Å². The smallest absolute Gasteiger partial charge is 0.258 e. The molecule has 104 valence electrons. The third-order valence-electron chi connectivity index (χ3n) is 3.30. The Hall–Kier alpha value is -1.75. The van der Waals surface area contributed by atoms with E-state index in [1.807, 2.05) is 0 Å². The van der Waals surface area contributed by atoms with E-state index in [1.165, 1.54) is 0 Å². The lowest BCUT2D eigenvalue weighted by atomic mass is 9.92. The molecule has 0 aliphatic heterocycles. The molecule has 1 aliphatic rings. The third kappa shape index (κ3) is 4.13. The Morgan fingerprint density at radius 1 is 1.42 bits per heavy atom. The van der Waals surface area contributed by atoms with Crippen LogP contribution < -0.4 is 15.8 Å². The minimum Gasteiger partial charge on any atom is -0.484 e. The highest BCUT2D eigenvalue weighted by molar-refractivity contribution is 5.78. The number of amides is 1. The Labute approximate surface area is 112 Å². The maximum absolute atomic E-state index is 11.7. The number of nitrogens with one attached hydrogen (secondary N) is 1. The van der Waals surface area contributed by atoms with Crippen LogP contribution in [0, 0.1) is 0 Å². The van der Waals surface area contributed by atoms with E-state index >= 15 is 0 Å². The van der Waals surface area contributed by atoms with Crippen molar-refractivity contribution >= 4 is 11.6 Å². The molecule has 1 saturated carbocycles. The van der Waals surface area contributed by atoms with Gasteiger partial charge < -0.3 is 20.9 Å². The van der Waals surface area contributed by atoms with Crippen LogP contribution in [0.1, 0.15) is 25.7 Å². The highest BCUT2D eigenvalue weighted by atomic mass is 16.5. The lowest BCUT2D eigenvalue weighted by Crippen LogP contribution is -2.46. The molecule has 19 heavy (non-hydrogen) atoms. The number of benzene rings is 1. The highest BCUT2D eigenvalue weighted by Crippen LogP contribution is 2.18. The van der Waals surface area contributed by atoms with Crippen molar-refractivity contribution in [2.45, 2.75) is 37.8 Å². The van der Waals surface area contributed by atoms with E-state index in [0.29, 0.717) is 11.4 Å². The summed E-state index contributed by atoms with van der Waals surface area (Å²) in [5.41, 5.74) is 6.22. The van der Waals surface area contributed by atoms with Gasteiger partial charge >= 0.3 is 0 Å². The van der Waals surface area contributed by atoms with Crippen LogP contribution in [0.2, 0.25) is 0 Å². The van der Waals surface area contributed by atoms with Crippen molar-refractivity contribution in [2.24, 2.45) is 0 Å². The van der Waals surface area contributed by atoms with Crippen LogP contribution in [-0.4, -0.2) is 29.8 Å². The Morgan fingerprint density at radius 2 is 2.21 bits per heavy atom. The van der Waals surface area contributed by atoms with E-state index in [0.717, 1.165) is 25.7 Å². The highest BCUT2D eigenvalue weighted by Gasteiger charge is 2.24. The summed E-state index contributed by atoms with van der Waals surface area (Å²) in [4.78, 5) is 11.7. The number of carbonyl (C=O) groups excluding carboxylic acids is 1. The molecule has 1 amide bonds. The van der Waals surface area contributed by atoms with Gasteiger partial charge in [0.15, 0.2) is 6.61 Å². The zero-order valence-corrected chi connectivity index (χ0v) is 10.8. The van der Waals surface area contributed by atoms with Gasteiger partial charge in [-0.25, -0.2) is 0 Å². The molecule has 0 radical (unpaired) electrons. The molecule has 1 aromatic rings. The number of rotatable bonds is 4. The first-order chi connectivity index (χ1) is 9.15. The van der Waals surface area contributed by atoms with E-state index in [9.17, 15) is 9.90 Å². The summed E-state index contributed by atoms with van der Waals surface area (Å²) in [7, 11) is 0. The number of nitrogens with two attached hydrogens (primary N) is 1. The monoisotopic (exact) mass is 264 g/mol. The number of aliphatic hydroxyl groups is 1. The second kappa shape index (κ2) is 6.43. The fraction of sp³-hybridized carbons (Fsp3) is 0.500. The van der Waals surface area contributed by atoms with Crippen LogP contribution in [0.15, 0.2) is 24.3 Å². The van der Waals surface area contributed by atoms with Crippen LogP contribution in [0.5, 0.6) is 5.75 Å². The molecule has 5 heteroatoms. The Bertz CT molecular complexity index is 436. The van der Waals surface area contributed by atoms with Crippen molar-refractivity contribution in [3.63, 3.8) is 0 Å². The van der Waals surface area contributed by atoms with Gasteiger partial charge in [0.05, 0.1) is 12.1 Å². The summed E-state index contributed by atoms with van der Waals surface area (Å²) in [6.45, 7) is -0.0628.